The van der Waals surface area contributed by atoms with Gasteiger partial charge in [-0.05, 0) is 73.6 Å². The first-order valence-electron chi connectivity index (χ1n) is 12.2. The van der Waals surface area contributed by atoms with Crippen molar-refractivity contribution in [2.24, 2.45) is 11.1 Å². The third kappa shape index (κ3) is 5.92. The molecule has 2 aromatic carbocycles. The maximum absolute atomic E-state index is 13.4. The first-order chi connectivity index (χ1) is 17.6. The topological polar surface area (TPSA) is 121 Å². The van der Waals surface area contributed by atoms with E-state index in [0.29, 0.717) is 55.7 Å². The Hall–Kier alpha value is -3.08. The quantitative estimate of drug-likeness (QED) is 0.385. The van der Waals surface area contributed by atoms with Crippen LogP contribution in [0.5, 0.6) is 5.88 Å². The second-order valence-electron chi connectivity index (χ2n) is 9.53. The number of carbonyl (C=O) groups excluding carboxylic acids is 1. The third-order valence-electron chi connectivity index (χ3n) is 7.37. The van der Waals surface area contributed by atoms with E-state index >= 15 is 0 Å². The second-order valence-corrected chi connectivity index (χ2v) is 11.2. The number of halogens is 1. The van der Waals surface area contributed by atoms with Crippen molar-refractivity contribution in [1.29, 1.82) is 0 Å². The van der Waals surface area contributed by atoms with Crippen LogP contribution in [0.1, 0.15) is 44.1 Å². The van der Waals surface area contributed by atoms with Crippen molar-refractivity contribution in [1.82, 2.24) is 9.71 Å². The molecule has 1 aliphatic carbocycles. The molecule has 198 valence electrons. The monoisotopic (exact) mass is 529 g/mol. The molecule has 1 saturated carbocycles. The van der Waals surface area contributed by atoms with Crippen LogP contribution >= 0.6 is 0 Å². The number of pyridine rings is 1. The Kier molecular flexibility index (Phi) is 8.11. The summed E-state index contributed by atoms with van der Waals surface area (Å²) < 4.78 is 53.0. The van der Waals surface area contributed by atoms with E-state index in [2.05, 4.69) is 9.71 Å². The number of nitrogens with two attached hydrogens (primary N) is 1. The van der Waals surface area contributed by atoms with Gasteiger partial charge in [0.05, 0.1) is 22.4 Å². The Morgan fingerprint density at radius 1 is 1.14 bits per heavy atom. The normalized spacial score (nSPS) is 21.0. The molecule has 37 heavy (non-hydrogen) atoms. The lowest BCUT2D eigenvalue weighted by molar-refractivity contribution is -0.131. The smallest absolute Gasteiger partial charge is 0.240 e. The van der Waals surface area contributed by atoms with Gasteiger partial charge in [0.15, 0.2) is 0 Å². The summed E-state index contributed by atoms with van der Waals surface area (Å²) >= 11 is 0. The summed E-state index contributed by atoms with van der Waals surface area (Å²) in [4.78, 5) is 17.1. The number of carbonyl (C=O) groups is 1. The predicted molar refractivity (Wildman–Crippen MR) is 138 cm³/mol. The van der Waals surface area contributed by atoms with Gasteiger partial charge in [-0.25, -0.2) is 22.5 Å². The molecule has 3 N–H and O–H groups in total. The van der Waals surface area contributed by atoms with E-state index < -0.39 is 21.3 Å². The maximum Gasteiger partial charge on any atom is 0.240 e. The zero-order chi connectivity index (χ0) is 26.6. The van der Waals surface area contributed by atoms with Gasteiger partial charge in [-0.2, -0.15) is 0 Å². The van der Waals surface area contributed by atoms with Crippen LogP contribution in [0.25, 0.3) is 10.9 Å². The summed E-state index contributed by atoms with van der Waals surface area (Å²) in [6.07, 6.45) is 1.79. The number of benzene rings is 2. The molecule has 0 bridgehead atoms. The number of ether oxygens (including phenoxy) is 2. The van der Waals surface area contributed by atoms with Gasteiger partial charge in [-0.1, -0.05) is 19.1 Å². The predicted octanol–water partition coefficient (Wildman–Crippen LogP) is 3.90. The SMILES string of the molecule is COCCOc1ccc2cc(S(=O)(=O)NC3CCC(C(N)=O)([C@H](C)c4ccc(F)cc4)CC3)ccc2n1. The van der Waals surface area contributed by atoms with Crippen LogP contribution in [0.2, 0.25) is 0 Å². The summed E-state index contributed by atoms with van der Waals surface area (Å²) in [6, 6.07) is 13.9. The van der Waals surface area contributed by atoms with Crippen molar-refractivity contribution >= 4 is 26.8 Å². The summed E-state index contributed by atoms with van der Waals surface area (Å²) in [7, 11) is -2.21. The number of fused-ring (bicyclic) bond motifs is 1. The van der Waals surface area contributed by atoms with Crippen molar-refractivity contribution in [2.75, 3.05) is 20.3 Å². The molecule has 1 fully saturated rings. The van der Waals surface area contributed by atoms with Crippen LogP contribution in [-0.2, 0) is 19.6 Å². The molecular formula is C27H32FN3O5S. The number of nitrogens with one attached hydrogen (secondary N) is 1. The summed E-state index contributed by atoms with van der Waals surface area (Å²) in [5.74, 6) is -0.548. The Labute approximate surface area is 216 Å². The Morgan fingerprint density at radius 3 is 2.49 bits per heavy atom. The lowest BCUT2D eigenvalue weighted by Crippen LogP contribution is -2.48. The van der Waals surface area contributed by atoms with Gasteiger partial charge in [0, 0.05) is 24.6 Å². The number of rotatable bonds is 10. The molecule has 1 amide bonds. The molecule has 3 aromatic rings. The van der Waals surface area contributed by atoms with Crippen LogP contribution in [0, 0.1) is 11.2 Å². The Bertz CT molecular complexity index is 1360. The van der Waals surface area contributed by atoms with E-state index in [4.69, 9.17) is 15.2 Å². The number of methoxy groups -OCH3 is 1. The molecule has 10 heteroatoms. The molecular weight excluding hydrogens is 497 g/mol. The number of aromatic nitrogens is 1. The van der Waals surface area contributed by atoms with Crippen LogP contribution in [0.4, 0.5) is 4.39 Å². The summed E-state index contributed by atoms with van der Waals surface area (Å²) in [5.41, 5.74) is 6.48. The van der Waals surface area contributed by atoms with E-state index in [1.165, 1.54) is 18.2 Å². The number of hydrogen-bond donors (Lipinski definition) is 2. The van der Waals surface area contributed by atoms with Crippen molar-refractivity contribution in [3.8, 4) is 5.88 Å². The highest BCUT2D eigenvalue weighted by atomic mass is 32.2. The molecule has 1 atom stereocenters. The summed E-state index contributed by atoms with van der Waals surface area (Å²) in [6.45, 7) is 2.72. The highest BCUT2D eigenvalue weighted by molar-refractivity contribution is 7.89. The highest BCUT2D eigenvalue weighted by Crippen LogP contribution is 2.47. The van der Waals surface area contributed by atoms with Crippen LogP contribution in [0.3, 0.4) is 0 Å². The van der Waals surface area contributed by atoms with Crippen LogP contribution in [0.15, 0.2) is 59.5 Å². The largest absolute Gasteiger partial charge is 0.475 e. The molecule has 1 aromatic heterocycles. The number of nitrogens with zero attached hydrogens (tertiary/aromatic N) is 1. The molecule has 0 spiro atoms. The fraction of sp³-hybridized carbons (Fsp3) is 0.407. The highest BCUT2D eigenvalue weighted by Gasteiger charge is 2.45. The fourth-order valence-corrected chi connectivity index (χ4v) is 6.40. The minimum absolute atomic E-state index is 0.140. The molecule has 0 aliphatic heterocycles. The standard InChI is InChI=1S/C27H32FN3O5S/c1-18(19-3-6-21(28)7-4-19)27(26(29)32)13-11-22(12-14-27)31-37(33,34)23-8-9-24-20(17-23)5-10-25(30-24)36-16-15-35-2/h3-10,17-18,22,31H,11-16H2,1-2H3,(H2,29,32)/t18-,22?,27?/m1/s1. The van der Waals surface area contributed by atoms with Crippen molar-refractivity contribution in [3.63, 3.8) is 0 Å². The average Bonchev–Trinajstić information content (AvgIpc) is 2.88. The average molecular weight is 530 g/mol. The Balaban J connectivity index is 1.45. The van der Waals surface area contributed by atoms with E-state index in [9.17, 15) is 17.6 Å². The zero-order valence-electron chi connectivity index (χ0n) is 20.9. The van der Waals surface area contributed by atoms with Gasteiger partial charge in [0.2, 0.25) is 21.8 Å². The Morgan fingerprint density at radius 2 is 1.84 bits per heavy atom. The van der Waals surface area contributed by atoms with Gasteiger partial charge < -0.3 is 15.2 Å². The van der Waals surface area contributed by atoms with Gasteiger partial charge in [-0.15, -0.1) is 0 Å². The van der Waals surface area contributed by atoms with E-state index in [0.717, 1.165) is 5.56 Å². The molecule has 0 radical (unpaired) electrons. The second kappa shape index (κ2) is 11.1. The first kappa shape index (κ1) is 27.0. The molecule has 1 heterocycles. The van der Waals surface area contributed by atoms with E-state index in [1.54, 1.807) is 43.5 Å². The number of hydrogen-bond acceptors (Lipinski definition) is 6. The third-order valence-corrected chi connectivity index (χ3v) is 8.89. The van der Waals surface area contributed by atoms with E-state index in [1.807, 2.05) is 6.92 Å². The number of amides is 1. The molecule has 8 nitrogen and oxygen atoms in total. The molecule has 4 rings (SSSR count). The molecule has 1 aliphatic rings. The molecule has 0 unspecified atom stereocenters. The van der Waals surface area contributed by atoms with E-state index in [-0.39, 0.29) is 22.7 Å². The van der Waals surface area contributed by atoms with Crippen molar-refractivity contribution < 1.29 is 27.1 Å². The lowest BCUT2D eigenvalue weighted by atomic mass is 9.63. The van der Waals surface area contributed by atoms with Crippen LogP contribution < -0.4 is 15.2 Å². The van der Waals surface area contributed by atoms with Crippen molar-refractivity contribution in [2.45, 2.75) is 49.5 Å². The number of primary amides is 1. The maximum atomic E-state index is 13.4. The van der Waals surface area contributed by atoms with Crippen molar-refractivity contribution in [3.05, 3.63) is 66.0 Å². The zero-order valence-corrected chi connectivity index (χ0v) is 21.8. The van der Waals surface area contributed by atoms with Gasteiger partial charge in [0.1, 0.15) is 12.4 Å². The minimum atomic E-state index is -3.80. The van der Waals surface area contributed by atoms with Crippen LogP contribution in [-0.4, -0.2) is 45.7 Å². The summed E-state index contributed by atoms with van der Waals surface area (Å²) in [5, 5.41) is 0.673. The van der Waals surface area contributed by atoms with Gasteiger partial charge in [-0.3, -0.25) is 4.79 Å². The number of sulfonamides is 1. The lowest BCUT2D eigenvalue weighted by Gasteiger charge is -2.42. The molecule has 0 saturated heterocycles. The minimum Gasteiger partial charge on any atom is -0.475 e. The first-order valence-corrected chi connectivity index (χ1v) is 13.7. The fourth-order valence-electron chi connectivity index (χ4n) is 5.06. The van der Waals surface area contributed by atoms with Gasteiger partial charge >= 0.3 is 0 Å². The van der Waals surface area contributed by atoms with Gasteiger partial charge in [0.25, 0.3) is 0 Å².